The Morgan fingerprint density at radius 3 is 2.27 bits per heavy atom. The SMILES string of the molecule is CC.CCCCC(CCc1ccccc1)C1CN(c2ccc(Oc3ccccc3)cc2)C(=O)c2c(Cl)ncnc2O1. The molecule has 0 aliphatic carbocycles. The fraction of sp³-hybridized carbons (Fsp3) is 0.324. The van der Waals surface area contributed by atoms with Crippen LogP contribution in [0.25, 0.3) is 0 Å². The second kappa shape index (κ2) is 15.2. The standard InChI is InChI=1S/C32H32ClN3O3.C2H6/c1-2-3-12-24(16-15-23-10-6-4-7-11-23)28-21-36(32(37)29-30(33)34-22-35-31(29)39-28)25-17-19-27(20-18-25)38-26-13-8-5-9-14-26;1-2/h4-11,13-14,17-20,22,24,28H,2-3,12,15-16,21H2,1H3;1-2H3. The molecule has 0 spiro atoms. The maximum atomic E-state index is 13.8. The molecular formula is C34H38ClN3O3. The molecule has 6 nitrogen and oxygen atoms in total. The van der Waals surface area contributed by atoms with Crippen LogP contribution in [0.4, 0.5) is 5.69 Å². The smallest absolute Gasteiger partial charge is 0.267 e. The number of unbranched alkanes of at least 4 members (excludes halogenated alkanes) is 1. The van der Waals surface area contributed by atoms with Crippen molar-refractivity contribution in [2.45, 2.75) is 59.0 Å². The summed E-state index contributed by atoms with van der Waals surface area (Å²) in [4.78, 5) is 24.0. The minimum atomic E-state index is -0.271. The van der Waals surface area contributed by atoms with Gasteiger partial charge in [0.2, 0.25) is 5.88 Å². The van der Waals surface area contributed by atoms with Crippen LogP contribution in [-0.2, 0) is 6.42 Å². The number of anilines is 1. The lowest BCUT2D eigenvalue weighted by molar-refractivity contribution is 0.0975. The van der Waals surface area contributed by atoms with Gasteiger partial charge in [0, 0.05) is 5.69 Å². The summed E-state index contributed by atoms with van der Waals surface area (Å²) < 4.78 is 12.4. The lowest BCUT2D eigenvalue weighted by Crippen LogP contribution is -2.41. The van der Waals surface area contributed by atoms with E-state index in [1.54, 1.807) is 4.90 Å². The van der Waals surface area contributed by atoms with Crippen LogP contribution in [0.3, 0.4) is 0 Å². The number of nitrogens with zero attached hydrogens (tertiary/aromatic N) is 3. The van der Waals surface area contributed by atoms with E-state index in [0.717, 1.165) is 43.5 Å². The average Bonchev–Trinajstić information content (AvgIpc) is 3.16. The third kappa shape index (κ3) is 7.86. The molecule has 2 heterocycles. The highest BCUT2D eigenvalue weighted by Gasteiger charge is 2.36. The fourth-order valence-electron chi connectivity index (χ4n) is 4.96. The molecule has 3 aromatic carbocycles. The predicted molar refractivity (Wildman–Crippen MR) is 165 cm³/mol. The van der Waals surface area contributed by atoms with E-state index in [1.807, 2.05) is 74.5 Å². The first-order valence-corrected chi connectivity index (χ1v) is 14.9. The Morgan fingerprint density at radius 1 is 0.927 bits per heavy atom. The van der Waals surface area contributed by atoms with Crippen molar-refractivity contribution in [2.24, 2.45) is 5.92 Å². The first-order valence-electron chi connectivity index (χ1n) is 14.5. The molecule has 1 aliphatic heterocycles. The quantitative estimate of drug-likeness (QED) is 0.178. The Morgan fingerprint density at radius 2 is 1.59 bits per heavy atom. The van der Waals surface area contributed by atoms with Crippen LogP contribution in [0.2, 0.25) is 5.15 Å². The molecule has 1 amide bonds. The number of hydrogen-bond acceptors (Lipinski definition) is 5. The topological polar surface area (TPSA) is 64.5 Å². The van der Waals surface area contributed by atoms with Crippen LogP contribution >= 0.6 is 11.6 Å². The normalized spacial score (nSPS) is 15.1. The van der Waals surface area contributed by atoms with Crippen molar-refractivity contribution in [1.82, 2.24) is 9.97 Å². The highest BCUT2D eigenvalue weighted by Crippen LogP contribution is 2.35. The third-order valence-corrected chi connectivity index (χ3v) is 7.37. The van der Waals surface area contributed by atoms with Crippen LogP contribution in [0.5, 0.6) is 17.4 Å². The van der Waals surface area contributed by atoms with Crippen molar-refractivity contribution >= 4 is 23.2 Å². The van der Waals surface area contributed by atoms with Crippen molar-refractivity contribution in [3.63, 3.8) is 0 Å². The largest absolute Gasteiger partial charge is 0.471 e. The summed E-state index contributed by atoms with van der Waals surface area (Å²) in [6.07, 6.45) is 6.13. The van der Waals surface area contributed by atoms with Gasteiger partial charge >= 0.3 is 0 Å². The molecule has 0 saturated carbocycles. The number of carbonyl (C=O) groups is 1. The van der Waals surface area contributed by atoms with Gasteiger partial charge in [-0.05, 0) is 67.1 Å². The highest BCUT2D eigenvalue weighted by atomic mass is 35.5. The molecule has 0 N–H and O–H groups in total. The van der Waals surface area contributed by atoms with E-state index in [4.69, 9.17) is 21.1 Å². The molecule has 2 unspecified atom stereocenters. The number of para-hydroxylation sites is 1. The summed E-state index contributed by atoms with van der Waals surface area (Å²) in [6, 6.07) is 27.6. The zero-order chi connectivity index (χ0) is 29.0. The van der Waals surface area contributed by atoms with Gasteiger partial charge in [-0.1, -0.05) is 93.7 Å². The summed E-state index contributed by atoms with van der Waals surface area (Å²) in [5.74, 6) is 1.63. The van der Waals surface area contributed by atoms with Crippen LogP contribution in [0.15, 0.2) is 91.3 Å². The van der Waals surface area contributed by atoms with Crippen molar-refractivity contribution in [3.05, 3.63) is 108 Å². The number of fused-ring (bicyclic) bond motifs is 1. The number of rotatable bonds is 10. The van der Waals surface area contributed by atoms with Gasteiger partial charge in [0.05, 0.1) is 6.54 Å². The number of ether oxygens (including phenoxy) is 2. The lowest BCUT2D eigenvalue weighted by Gasteiger charge is -2.30. The summed E-state index contributed by atoms with van der Waals surface area (Å²) in [5.41, 5.74) is 2.22. The summed E-state index contributed by atoms with van der Waals surface area (Å²) in [6.45, 7) is 6.58. The van der Waals surface area contributed by atoms with E-state index in [1.165, 1.54) is 11.9 Å². The molecule has 4 aromatic rings. The summed E-state index contributed by atoms with van der Waals surface area (Å²) in [5, 5.41) is 0.0917. The van der Waals surface area contributed by atoms with E-state index in [9.17, 15) is 4.79 Å². The number of benzene rings is 3. The molecule has 5 rings (SSSR count). The van der Waals surface area contributed by atoms with Gasteiger partial charge in [0.15, 0.2) is 0 Å². The number of aryl methyl sites for hydroxylation is 1. The first kappa shape index (κ1) is 30.1. The fourth-order valence-corrected chi connectivity index (χ4v) is 5.17. The monoisotopic (exact) mass is 571 g/mol. The van der Waals surface area contributed by atoms with Crippen molar-refractivity contribution in [3.8, 4) is 17.4 Å². The van der Waals surface area contributed by atoms with E-state index >= 15 is 0 Å². The van der Waals surface area contributed by atoms with Gasteiger partial charge in [-0.2, -0.15) is 0 Å². The van der Waals surface area contributed by atoms with Gasteiger partial charge in [-0.3, -0.25) is 4.79 Å². The van der Waals surface area contributed by atoms with Crippen LogP contribution < -0.4 is 14.4 Å². The van der Waals surface area contributed by atoms with Gasteiger partial charge in [0.1, 0.15) is 34.6 Å². The predicted octanol–water partition coefficient (Wildman–Crippen LogP) is 8.80. The third-order valence-electron chi connectivity index (χ3n) is 7.08. The van der Waals surface area contributed by atoms with E-state index in [0.29, 0.717) is 12.3 Å². The molecule has 1 aliphatic rings. The number of hydrogen-bond donors (Lipinski definition) is 0. The van der Waals surface area contributed by atoms with Gasteiger partial charge in [0.25, 0.3) is 5.91 Å². The Balaban J connectivity index is 0.00000189. The molecule has 41 heavy (non-hydrogen) atoms. The first-order chi connectivity index (χ1) is 20.1. The molecule has 0 radical (unpaired) electrons. The summed E-state index contributed by atoms with van der Waals surface area (Å²) >= 11 is 6.43. The average molecular weight is 572 g/mol. The second-order valence-corrected chi connectivity index (χ2v) is 10.1. The number of amides is 1. The molecule has 1 aromatic heterocycles. The number of carbonyl (C=O) groups excluding carboxylic acids is 1. The van der Waals surface area contributed by atoms with Gasteiger partial charge in [-0.25, -0.2) is 9.97 Å². The zero-order valence-corrected chi connectivity index (χ0v) is 24.8. The van der Waals surface area contributed by atoms with E-state index in [2.05, 4.69) is 41.2 Å². The minimum Gasteiger partial charge on any atom is -0.471 e. The van der Waals surface area contributed by atoms with Gasteiger partial charge in [-0.15, -0.1) is 0 Å². The molecule has 7 heteroatoms. The second-order valence-electron chi connectivity index (χ2n) is 9.75. The minimum absolute atomic E-state index is 0.0917. The Kier molecular flexibility index (Phi) is 11.1. The van der Waals surface area contributed by atoms with E-state index < -0.39 is 0 Å². The molecule has 2 atom stereocenters. The molecule has 0 bridgehead atoms. The zero-order valence-electron chi connectivity index (χ0n) is 24.0. The molecule has 0 fully saturated rings. The van der Waals surface area contributed by atoms with Gasteiger partial charge < -0.3 is 14.4 Å². The van der Waals surface area contributed by atoms with Crippen LogP contribution in [0.1, 0.15) is 62.4 Å². The number of aromatic nitrogens is 2. The van der Waals surface area contributed by atoms with E-state index in [-0.39, 0.29) is 34.5 Å². The Hall–Kier alpha value is -3.90. The molecule has 0 saturated heterocycles. The lowest BCUT2D eigenvalue weighted by atomic mass is 9.89. The van der Waals surface area contributed by atoms with Crippen LogP contribution in [0, 0.1) is 5.92 Å². The Bertz CT molecular complexity index is 1370. The van der Waals surface area contributed by atoms with Crippen LogP contribution in [-0.4, -0.2) is 28.5 Å². The highest BCUT2D eigenvalue weighted by molar-refractivity contribution is 6.33. The number of halogens is 1. The maximum absolute atomic E-state index is 13.8. The van der Waals surface area contributed by atoms with Crippen molar-refractivity contribution in [1.29, 1.82) is 0 Å². The summed E-state index contributed by atoms with van der Waals surface area (Å²) in [7, 11) is 0. The molecule has 214 valence electrons. The molecular weight excluding hydrogens is 534 g/mol. The van der Waals surface area contributed by atoms with Crippen molar-refractivity contribution < 1.29 is 14.3 Å². The Labute approximate surface area is 248 Å². The van der Waals surface area contributed by atoms with Crippen molar-refractivity contribution in [2.75, 3.05) is 11.4 Å². The maximum Gasteiger partial charge on any atom is 0.267 e.